The molecule has 0 spiro atoms. The Morgan fingerprint density at radius 1 is 0.458 bits per heavy atom. The van der Waals surface area contributed by atoms with Gasteiger partial charge >= 0.3 is 12.1 Å². The lowest BCUT2D eigenvalue weighted by molar-refractivity contribution is -0.137. The maximum absolute atomic E-state index is 14.0. The second-order valence-corrected chi connectivity index (χ2v) is 14.7. The molecule has 5 heteroatoms. The highest BCUT2D eigenvalue weighted by atomic mass is 16.6. The summed E-state index contributed by atoms with van der Waals surface area (Å²) in [6, 6.07) is 61.7. The number of hydrogen-bond donors (Lipinski definition) is 1. The fourth-order valence-electron chi connectivity index (χ4n) is 8.63. The Kier molecular flexibility index (Phi) is 9.04. The zero-order valence-electron chi connectivity index (χ0n) is 32.1. The molecule has 5 nitrogen and oxygen atoms in total. The minimum Gasteiger partial charge on any atom is -0.461 e. The summed E-state index contributed by atoms with van der Waals surface area (Å²) in [5.41, 5.74) is 5.44. The number of amides is 1. The van der Waals surface area contributed by atoms with Crippen molar-refractivity contribution in [3.05, 3.63) is 189 Å². The predicted octanol–water partition coefficient (Wildman–Crippen LogP) is 13.4. The molecule has 59 heavy (non-hydrogen) atoms. The Morgan fingerprint density at radius 2 is 0.831 bits per heavy atom. The molecular weight excluding hydrogens is 727 g/mol. The van der Waals surface area contributed by atoms with Crippen LogP contribution in [0.2, 0.25) is 0 Å². The van der Waals surface area contributed by atoms with Crippen LogP contribution in [-0.2, 0) is 9.53 Å². The molecule has 0 fully saturated rings. The first-order valence-electron chi connectivity index (χ1n) is 19.7. The van der Waals surface area contributed by atoms with Crippen molar-refractivity contribution in [3.8, 4) is 39.1 Å². The maximum atomic E-state index is 14.0. The van der Waals surface area contributed by atoms with Crippen LogP contribution in [0.15, 0.2) is 189 Å². The van der Waals surface area contributed by atoms with Crippen LogP contribution in [0.3, 0.4) is 0 Å². The van der Waals surface area contributed by atoms with E-state index in [2.05, 4.69) is 188 Å². The number of benzene rings is 10. The number of carbonyl (C=O) groups excluding carboxylic acids is 2. The molecule has 0 aliphatic carbocycles. The Balaban J connectivity index is 1.32. The summed E-state index contributed by atoms with van der Waals surface area (Å²) in [6.07, 6.45) is 0.431. The van der Waals surface area contributed by atoms with Crippen LogP contribution in [0.4, 0.5) is 4.79 Å². The van der Waals surface area contributed by atoms with Gasteiger partial charge in [-0.15, -0.1) is 0 Å². The molecule has 0 aromatic heterocycles. The minimum absolute atomic E-state index is 0.0295. The molecule has 1 N–H and O–H groups in total. The summed E-state index contributed by atoms with van der Waals surface area (Å²) in [7, 11) is 0. The summed E-state index contributed by atoms with van der Waals surface area (Å²) in [5, 5.41) is 16.1. The van der Waals surface area contributed by atoms with E-state index in [1.165, 1.54) is 5.39 Å². The number of nitrogens with one attached hydrogen (secondary N) is 1. The SMILES string of the molecule is C=CC(=O)OCCNC(=O)Oc1c(-c2cc3ccccc3c3ccccc23)cc(-c2cc3ccccc3c3ccccc23)cc1-c1cc2ccccc2c2ccccc12. The number of esters is 1. The van der Waals surface area contributed by atoms with E-state index >= 15 is 0 Å². The van der Waals surface area contributed by atoms with E-state index in [-0.39, 0.29) is 13.2 Å². The third-order valence-electron chi connectivity index (χ3n) is 11.3. The van der Waals surface area contributed by atoms with Gasteiger partial charge in [-0.25, -0.2) is 9.59 Å². The predicted molar refractivity (Wildman–Crippen MR) is 243 cm³/mol. The van der Waals surface area contributed by atoms with E-state index in [1.807, 2.05) is 0 Å². The molecule has 10 aromatic rings. The lowest BCUT2D eigenvalue weighted by Gasteiger charge is -2.22. The highest BCUT2D eigenvalue weighted by Gasteiger charge is 2.24. The third-order valence-corrected chi connectivity index (χ3v) is 11.3. The Bertz CT molecular complexity index is 3190. The van der Waals surface area contributed by atoms with Gasteiger partial charge in [-0.3, -0.25) is 0 Å². The standard InChI is InChI=1S/C54H37NO4/c1-2-52(56)58-28-27-55-54(57)59-53-50(48-30-35-16-4-7-19-39(35)42-22-10-13-25-45(42)48)32-37(47-29-34-15-3-6-18-38(34)41-21-9-12-24-44(41)47)33-51(53)49-31-36-17-5-8-20-40(36)43-23-11-14-26-46(43)49/h2-26,29-33H,1,27-28H2,(H,55,57). The first-order chi connectivity index (χ1) is 29.1. The van der Waals surface area contributed by atoms with Crippen LogP contribution in [0.25, 0.3) is 98.0 Å². The molecule has 0 bridgehead atoms. The average molecular weight is 764 g/mol. The number of fused-ring (bicyclic) bond motifs is 9. The number of hydrogen-bond acceptors (Lipinski definition) is 4. The molecule has 0 aliphatic rings. The number of carbonyl (C=O) groups is 2. The van der Waals surface area contributed by atoms with Gasteiger partial charge in [0.1, 0.15) is 12.4 Å². The molecule has 0 heterocycles. The highest BCUT2D eigenvalue weighted by Crippen LogP contribution is 2.49. The van der Waals surface area contributed by atoms with Gasteiger partial charge in [0.15, 0.2) is 0 Å². The smallest absolute Gasteiger partial charge is 0.412 e. The normalized spacial score (nSPS) is 11.4. The molecule has 0 unspecified atom stereocenters. The quantitative estimate of drug-likeness (QED) is 0.0724. The second-order valence-electron chi connectivity index (χ2n) is 14.7. The van der Waals surface area contributed by atoms with Crippen LogP contribution in [-0.4, -0.2) is 25.2 Å². The van der Waals surface area contributed by atoms with E-state index in [1.54, 1.807) is 0 Å². The van der Waals surface area contributed by atoms with Crippen molar-refractivity contribution in [2.45, 2.75) is 0 Å². The monoisotopic (exact) mass is 763 g/mol. The zero-order chi connectivity index (χ0) is 39.9. The van der Waals surface area contributed by atoms with Crippen LogP contribution >= 0.6 is 0 Å². The first-order valence-corrected chi connectivity index (χ1v) is 19.7. The van der Waals surface area contributed by atoms with Gasteiger partial charge in [0.05, 0.1) is 6.54 Å². The average Bonchev–Trinajstić information content (AvgIpc) is 3.29. The minimum atomic E-state index is -0.666. The second kappa shape index (κ2) is 15.0. The van der Waals surface area contributed by atoms with Gasteiger partial charge < -0.3 is 14.8 Å². The molecule has 0 aliphatic heterocycles. The van der Waals surface area contributed by atoms with Crippen LogP contribution in [0.1, 0.15) is 0 Å². The molecule has 0 saturated heterocycles. The molecule has 0 atom stereocenters. The van der Waals surface area contributed by atoms with Crippen LogP contribution in [0, 0.1) is 0 Å². The largest absolute Gasteiger partial charge is 0.461 e. The number of rotatable bonds is 8. The van der Waals surface area contributed by atoms with Crippen molar-refractivity contribution >= 4 is 76.7 Å². The Labute approximate surface area is 340 Å². The van der Waals surface area contributed by atoms with Crippen molar-refractivity contribution in [2.75, 3.05) is 13.2 Å². The van der Waals surface area contributed by atoms with E-state index < -0.39 is 12.1 Å². The molecule has 0 radical (unpaired) electrons. The van der Waals surface area contributed by atoms with Gasteiger partial charge in [0, 0.05) is 17.2 Å². The lowest BCUT2D eigenvalue weighted by atomic mass is 9.85. The van der Waals surface area contributed by atoms with E-state index in [0.717, 1.165) is 98.7 Å². The van der Waals surface area contributed by atoms with Gasteiger partial charge in [-0.05, 0) is 117 Å². The molecule has 1 amide bonds. The summed E-state index contributed by atoms with van der Waals surface area (Å²) in [5.74, 6) is -0.145. The van der Waals surface area contributed by atoms with Gasteiger partial charge in [-0.2, -0.15) is 0 Å². The third kappa shape index (κ3) is 6.39. The van der Waals surface area contributed by atoms with Gasteiger partial charge in [0.2, 0.25) is 0 Å². The van der Waals surface area contributed by atoms with E-state index in [0.29, 0.717) is 5.75 Å². The van der Waals surface area contributed by atoms with E-state index in [4.69, 9.17) is 9.47 Å². The van der Waals surface area contributed by atoms with Crippen molar-refractivity contribution in [2.24, 2.45) is 0 Å². The summed E-state index contributed by atoms with van der Waals surface area (Å²) < 4.78 is 11.7. The van der Waals surface area contributed by atoms with Crippen molar-refractivity contribution in [3.63, 3.8) is 0 Å². The topological polar surface area (TPSA) is 64.6 Å². The summed E-state index contributed by atoms with van der Waals surface area (Å²) in [4.78, 5) is 25.8. The van der Waals surface area contributed by atoms with Crippen LogP contribution in [0.5, 0.6) is 5.75 Å². The summed E-state index contributed by atoms with van der Waals surface area (Å²) >= 11 is 0. The molecule has 282 valence electrons. The van der Waals surface area contributed by atoms with Crippen LogP contribution < -0.4 is 10.1 Å². The fraction of sp³-hybridized carbons (Fsp3) is 0.0370. The highest BCUT2D eigenvalue weighted by molar-refractivity contribution is 6.19. The zero-order valence-corrected chi connectivity index (χ0v) is 32.1. The molecular formula is C54H37NO4. The number of ether oxygens (including phenoxy) is 2. The fourth-order valence-corrected chi connectivity index (χ4v) is 8.63. The Morgan fingerprint density at radius 3 is 1.27 bits per heavy atom. The Hall–Kier alpha value is -7.76. The van der Waals surface area contributed by atoms with Gasteiger partial charge in [-0.1, -0.05) is 152 Å². The maximum Gasteiger partial charge on any atom is 0.412 e. The summed E-state index contributed by atoms with van der Waals surface area (Å²) in [6.45, 7) is 3.49. The van der Waals surface area contributed by atoms with Crippen molar-refractivity contribution in [1.82, 2.24) is 5.32 Å². The molecule has 10 rings (SSSR count). The molecule has 10 aromatic carbocycles. The molecule has 0 saturated carbocycles. The van der Waals surface area contributed by atoms with Gasteiger partial charge in [0.25, 0.3) is 0 Å². The lowest BCUT2D eigenvalue weighted by Crippen LogP contribution is -2.30. The van der Waals surface area contributed by atoms with Crippen molar-refractivity contribution in [1.29, 1.82) is 0 Å². The first kappa shape index (κ1) is 35.6. The van der Waals surface area contributed by atoms with Crippen molar-refractivity contribution < 1.29 is 19.1 Å². The van der Waals surface area contributed by atoms with E-state index in [9.17, 15) is 9.59 Å².